The molecule has 0 bridgehead atoms. The molecule has 0 unspecified atom stereocenters. The Morgan fingerprint density at radius 1 is 1.05 bits per heavy atom. The number of anilines is 3. The minimum absolute atomic E-state index is 0.0655. The Kier molecular flexibility index (Phi) is 10.1. The molecule has 0 aliphatic carbocycles. The Morgan fingerprint density at radius 3 is 2.26 bits per heavy atom. The maximum atomic E-state index is 15.0. The molecule has 2 aromatic heterocycles. The number of carbonyl (C=O) groups excluding carboxylic acids is 1. The van der Waals surface area contributed by atoms with Gasteiger partial charge in [0.05, 0.1) is 36.4 Å². The number of hydrogen-bond acceptors (Lipinski definition) is 8. The summed E-state index contributed by atoms with van der Waals surface area (Å²) in [7, 11) is 3.01. The Balaban J connectivity index is 1.68. The molecule has 0 saturated heterocycles. The summed E-state index contributed by atoms with van der Waals surface area (Å²) in [4.78, 5) is 26.9. The molecule has 2 heterocycles. The Labute approximate surface area is 227 Å². The normalized spacial score (nSPS) is 11.0. The van der Waals surface area contributed by atoms with Gasteiger partial charge in [-0.1, -0.05) is 39.3 Å². The minimum Gasteiger partial charge on any atom is -0.495 e. The summed E-state index contributed by atoms with van der Waals surface area (Å²) in [5, 5.41) is 5.88. The van der Waals surface area contributed by atoms with E-state index in [1.807, 2.05) is 4.90 Å². The van der Waals surface area contributed by atoms with E-state index in [0.29, 0.717) is 64.1 Å². The van der Waals surface area contributed by atoms with E-state index in [-0.39, 0.29) is 18.5 Å². The zero-order chi connectivity index (χ0) is 27.8. The van der Waals surface area contributed by atoms with Crippen LogP contribution in [0.4, 0.5) is 21.8 Å². The van der Waals surface area contributed by atoms with Crippen LogP contribution in [0.2, 0.25) is 5.02 Å². The van der Waals surface area contributed by atoms with Gasteiger partial charge in [-0.15, -0.1) is 0 Å². The molecule has 0 radical (unpaired) electrons. The second-order valence-corrected chi connectivity index (χ2v) is 9.99. The first-order valence-electron chi connectivity index (χ1n) is 12.3. The highest BCUT2D eigenvalue weighted by atomic mass is 35.5. The van der Waals surface area contributed by atoms with Gasteiger partial charge in [0.1, 0.15) is 12.4 Å². The van der Waals surface area contributed by atoms with Crippen molar-refractivity contribution in [1.29, 1.82) is 0 Å². The van der Waals surface area contributed by atoms with E-state index < -0.39 is 5.82 Å². The van der Waals surface area contributed by atoms with Gasteiger partial charge in [-0.05, 0) is 24.0 Å². The largest absolute Gasteiger partial charge is 0.495 e. The van der Waals surface area contributed by atoms with Crippen molar-refractivity contribution in [3.05, 3.63) is 58.8 Å². The van der Waals surface area contributed by atoms with Gasteiger partial charge in [0, 0.05) is 37.3 Å². The maximum Gasteiger partial charge on any atom is 0.251 e. The predicted octanol–water partition coefficient (Wildman–Crippen LogP) is 5.47. The smallest absolute Gasteiger partial charge is 0.251 e. The van der Waals surface area contributed by atoms with Gasteiger partial charge in [0.25, 0.3) is 5.91 Å². The molecule has 0 saturated carbocycles. The fourth-order valence-corrected chi connectivity index (χ4v) is 4.03. The van der Waals surface area contributed by atoms with Crippen LogP contribution in [0, 0.1) is 17.7 Å². The lowest BCUT2D eigenvalue weighted by atomic mass is 10.1. The molecule has 0 aliphatic rings. The summed E-state index contributed by atoms with van der Waals surface area (Å²) in [5.74, 6) is 1.40. The Morgan fingerprint density at radius 2 is 1.71 bits per heavy atom. The predicted molar refractivity (Wildman–Crippen MR) is 147 cm³/mol. The number of aromatic nitrogens is 3. The number of rotatable bonds is 12. The number of halogens is 2. The van der Waals surface area contributed by atoms with Crippen molar-refractivity contribution < 1.29 is 18.7 Å². The molecule has 2 N–H and O–H groups in total. The first kappa shape index (κ1) is 28.9. The SMILES string of the molecule is CNC(=O)c1cc(COc2cnc(Nc3cnc(N(CC(C)C)CC(C)C)c(F)c3)nc2)c(Cl)c(OC)c1. The van der Waals surface area contributed by atoms with Crippen molar-refractivity contribution in [2.45, 2.75) is 34.3 Å². The summed E-state index contributed by atoms with van der Waals surface area (Å²) in [6.07, 6.45) is 4.52. The third-order valence-corrected chi connectivity index (χ3v) is 5.82. The summed E-state index contributed by atoms with van der Waals surface area (Å²) < 4.78 is 26.0. The van der Waals surface area contributed by atoms with Gasteiger partial charge in [0.2, 0.25) is 5.95 Å². The molecule has 3 rings (SSSR count). The third-order valence-electron chi connectivity index (χ3n) is 5.39. The third kappa shape index (κ3) is 7.67. The average Bonchev–Trinajstić information content (AvgIpc) is 2.87. The fourth-order valence-electron chi connectivity index (χ4n) is 3.79. The van der Waals surface area contributed by atoms with Gasteiger partial charge < -0.3 is 25.0 Å². The lowest BCUT2D eigenvalue weighted by Crippen LogP contribution is -2.32. The maximum absolute atomic E-state index is 15.0. The van der Waals surface area contributed by atoms with E-state index >= 15 is 0 Å². The highest BCUT2D eigenvalue weighted by molar-refractivity contribution is 6.33. The molecule has 0 atom stereocenters. The quantitative estimate of drug-likeness (QED) is 0.309. The first-order chi connectivity index (χ1) is 18.1. The molecule has 1 amide bonds. The zero-order valence-electron chi connectivity index (χ0n) is 22.5. The number of benzene rings is 1. The van der Waals surface area contributed by atoms with Crippen molar-refractivity contribution in [1.82, 2.24) is 20.3 Å². The van der Waals surface area contributed by atoms with Crippen LogP contribution < -0.4 is 25.0 Å². The number of nitrogens with one attached hydrogen (secondary N) is 2. The molecule has 3 aromatic rings. The van der Waals surface area contributed by atoms with E-state index in [1.165, 1.54) is 25.6 Å². The molecule has 204 valence electrons. The Bertz CT molecular complexity index is 1230. The average molecular weight is 545 g/mol. The molecular weight excluding hydrogens is 511 g/mol. The number of carbonyl (C=O) groups is 1. The minimum atomic E-state index is -0.414. The van der Waals surface area contributed by atoms with Crippen LogP contribution in [-0.4, -0.2) is 48.1 Å². The lowest BCUT2D eigenvalue weighted by molar-refractivity contribution is 0.0962. The molecule has 11 heteroatoms. The molecule has 1 aromatic carbocycles. The summed E-state index contributed by atoms with van der Waals surface area (Å²) in [5.41, 5.74) is 1.39. The van der Waals surface area contributed by atoms with Gasteiger partial charge in [-0.25, -0.2) is 19.3 Å². The van der Waals surface area contributed by atoms with Gasteiger partial charge in [-0.2, -0.15) is 0 Å². The van der Waals surface area contributed by atoms with E-state index in [2.05, 4.69) is 53.3 Å². The number of methoxy groups -OCH3 is 1. The van der Waals surface area contributed by atoms with Crippen LogP contribution in [0.15, 0.2) is 36.8 Å². The van der Waals surface area contributed by atoms with Gasteiger partial charge in [-0.3, -0.25) is 4.79 Å². The van der Waals surface area contributed by atoms with Gasteiger partial charge >= 0.3 is 0 Å². The number of ether oxygens (including phenoxy) is 2. The second kappa shape index (κ2) is 13.2. The summed E-state index contributed by atoms with van der Waals surface area (Å²) >= 11 is 6.39. The van der Waals surface area contributed by atoms with Crippen molar-refractivity contribution in [2.24, 2.45) is 11.8 Å². The lowest BCUT2D eigenvalue weighted by Gasteiger charge is -2.27. The van der Waals surface area contributed by atoms with Crippen LogP contribution in [-0.2, 0) is 6.61 Å². The molecule has 0 fully saturated rings. The molecular formula is C27H34ClFN6O3. The monoisotopic (exact) mass is 544 g/mol. The summed E-state index contributed by atoms with van der Waals surface area (Å²) in [6.45, 7) is 9.88. The molecule has 0 spiro atoms. The highest BCUT2D eigenvalue weighted by Gasteiger charge is 2.17. The van der Waals surface area contributed by atoms with E-state index in [0.717, 1.165) is 0 Å². The van der Waals surface area contributed by atoms with E-state index in [9.17, 15) is 9.18 Å². The van der Waals surface area contributed by atoms with Crippen molar-refractivity contribution in [2.75, 3.05) is 37.5 Å². The van der Waals surface area contributed by atoms with Crippen molar-refractivity contribution in [3.63, 3.8) is 0 Å². The first-order valence-corrected chi connectivity index (χ1v) is 12.7. The van der Waals surface area contributed by atoms with Crippen LogP contribution in [0.25, 0.3) is 0 Å². The molecule has 9 nitrogen and oxygen atoms in total. The fraction of sp³-hybridized carbons (Fsp3) is 0.407. The topological polar surface area (TPSA) is 102 Å². The number of pyridine rings is 1. The number of hydrogen-bond donors (Lipinski definition) is 2. The van der Waals surface area contributed by atoms with Crippen LogP contribution in [0.3, 0.4) is 0 Å². The highest BCUT2D eigenvalue weighted by Crippen LogP contribution is 2.31. The number of amides is 1. The van der Waals surface area contributed by atoms with Gasteiger partial charge in [0.15, 0.2) is 17.4 Å². The van der Waals surface area contributed by atoms with Crippen molar-refractivity contribution in [3.8, 4) is 11.5 Å². The van der Waals surface area contributed by atoms with Crippen LogP contribution >= 0.6 is 11.6 Å². The summed E-state index contributed by atoms with van der Waals surface area (Å²) in [6, 6.07) is 4.58. The number of nitrogens with zero attached hydrogens (tertiary/aromatic N) is 4. The standard InChI is InChI=1S/C27H34ClFN6O3/c1-16(2)13-35(14-17(3)4)25-22(29)9-20(10-31-25)34-27-32-11-21(12-33-27)38-15-19-7-18(26(36)30-5)8-23(37-6)24(19)28/h7-12,16-17H,13-15H2,1-6H3,(H,30,36)(H,32,33,34). The second-order valence-electron chi connectivity index (χ2n) is 9.61. The van der Waals surface area contributed by atoms with Crippen molar-refractivity contribution >= 4 is 35.0 Å². The molecule has 0 aliphatic heterocycles. The van der Waals surface area contributed by atoms with E-state index in [1.54, 1.807) is 25.4 Å². The molecule has 38 heavy (non-hydrogen) atoms. The Hall–Kier alpha value is -3.66. The zero-order valence-corrected chi connectivity index (χ0v) is 23.3. The van der Waals surface area contributed by atoms with Crippen LogP contribution in [0.5, 0.6) is 11.5 Å². The van der Waals surface area contributed by atoms with Crippen LogP contribution in [0.1, 0.15) is 43.6 Å². The van der Waals surface area contributed by atoms with E-state index in [4.69, 9.17) is 21.1 Å².